The van der Waals surface area contributed by atoms with E-state index < -0.39 is 15.8 Å². The van der Waals surface area contributed by atoms with Gasteiger partial charge in [0.05, 0.1) is 38.9 Å². The first-order valence-corrected chi connectivity index (χ1v) is 14.3. The number of aromatic amines is 1. The smallest absolute Gasteiger partial charge is 0.268 e. The number of imidazole rings is 1. The lowest BCUT2D eigenvalue weighted by Gasteiger charge is -2.13. The molecule has 0 aliphatic carbocycles. The Morgan fingerprint density at radius 1 is 0.975 bits per heavy atom. The topological polar surface area (TPSA) is 129 Å². The van der Waals surface area contributed by atoms with Crippen LogP contribution < -0.4 is 5.73 Å². The minimum Gasteiger partial charge on any atom is -0.383 e. The highest BCUT2D eigenvalue weighted by Crippen LogP contribution is 2.31. The summed E-state index contributed by atoms with van der Waals surface area (Å²) in [5.74, 6) is 0.501. The molecule has 0 amide bonds. The van der Waals surface area contributed by atoms with Gasteiger partial charge in [-0.2, -0.15) is 5.10 Å². The first kappa shape index (κ1) is 25.6. The molecule has 0 radical (unpaired) electrons. The second-order valence-electron chi connectivity index (χ2n) is 10.3. The van der Waals surface area contributed by atoms with E-state index in [9.17, 15) is 13.2 Å². The summed E-state index contributed by atoms with van der Waals surface area (Å²) in [6, 6.07) is 19.3. The number of ketones is 1. The molecule has 0 bridgehead atoms. The molecule has 0 saturated carbocycles. The molecule has 10 heteroatoms. The summed E-state index contributed by atoms with van der Waals surface area (Å²) in [7, 11) is -4.13. The summed E-state index contributed by atoms with van der Waals surface area (Å²) in [4.78, 5) is 21.8. The van der Waals surface area contributed by atoms with Gasteiger partial charge < -0.3 is 10.7 Å². The quantitative estimate of drug-likeness (QED) is 0.263. The number of rotatable bonds is 6. The van der Waals surface area contributed by atoms with Gasteiger partial charge in [-0.1, -0.05) is 43.7 Å². The normalized spacial score (nSPS) is 12.1. The van der Waals surface area contributed by atoms with Crippen LogP contribution in [0.3, 0.4) is 0 Å². The number of hydrogen-bond acceptors (Lipinski definition) is 6. The number of H-pyrrole nitrogens is 1. The van der Waals surface area contributed by atoms with Crippen LogP contribution in [0.15, 0.2) is 77.8 Å². The molecule has 3 heterocycles. The van der Waals surface area contributed by atoms with Crippen molar-refractivity contribution in [3.8, 4) is 5.69 Å². The Hall–Kier alpha value is -4.70. The molecule has 0 aliphatic rings. The standard InChI is InChI=1S/C30H28N6O3S/c1-17(2)20-7-8-21-14-28(36(27(21)13-20)40(38,39)23-10-5-18(3)6-11-23)29(37)24-16-32-35(30(24)31)22-9-12-25-26(15-22)34-19(4)33-25/h5-17H,31H2,1-4H3,(H,33,34). The summed E-state index contributed by atoms with van der Waals surface area (Å²) in [5, 5.41) is 5.00. The number of benzene rings is 3. The molecule has 0 atom stereocenters. The summed E-state index contributed by atoms with van der Waals surface area (Å²) >= 11 is 0. The number of nitrogens with two attached hydrogens (primary N) is 1. The highest BCUT2D eigenvalue weighted by molar-refractivity contribution is 7.90. The van der Waals surface area contributed by atoms with Crippen molar-refractivity contribution in [2.24, 2.45) is 0 Å². The molecular formula is C30H28N6O3S. The first-order valence-electron chi connectivity index (χ1n) is 12.9. The van der Waals surface area contributed by atoms with E-state index in [2.05, 4.69) is 15.1 Å². The third-order valence-electron chi connectivity index (χ3n) is 7.12. The third-order valence-corrected chi connectivity index (χ3v) is 8.87. The predicted molar refractivity (Wildman–Crippen MR) is 156 cm³/mol. The van der Waals surface area contributed by atoms with E-state index in [-0.39, 0.29) is 27.9 Å². The highest BCUT2D eigenvalue weighted by atomic mass is 32.2. The minimum atomic E-state index is -4.13. The van der Waals surface area contributed by atoms with Crippen molar-refractivity contribution in [1.29, 1.82) is 0 Å². The van der Waals surface area contributed by atoms with E-state index in [1.54, 1.807) is 30.3 Å². The van der Waals surface area contributed by atoms with Crippen LogP contribution in [0.5, 0.6) is 0 Å². The molecule has 0 unspecified atom stereocenters. The number of carbonyl (C=O) groups excluding carboxylic acids is 1. The molecule has 0 fully saturated rings. The van der Waals surface area contributed by atoms with Crippen molar-refractivity contribution in [1.82, 2.24) is 23.7 Å². The van der Waals surface area contributed by atoms with Crippen LogP contribution in [0.1, 0.15) is 52.8 Å². The molecule has 6 aromatic rings. The average Bonchev–Trinajstić information content (AvgIpc) is 3.61. The van der Waals surface area contributed by atoms with E-state index in [1.165, 1.54) is 10.9 Å². The van der Waals surface area contributed by atoms with Crippen LogP contribution in [0, 0.1) is 13.8 Å². The zero-order chi connectivity index (χ0) is 28.3. The fourth-order valence-corrected chi connectivity index (χ4v) is 6.42. The predicted octanol–water partition coefficient (Wildman–Crippen LogP) is 5.49. The van der Waals surface area contributed by atoms with Crippen LogP contribution in [-0.2, 0) is 10.0 Å². The van der Waals surface area contributed by atoms with Crippen molar-refractivity contribution < 1.29 is 13.2 Å². The van der Waals surface area contributed by atoms with E-state index >= 15 is 0 Å². The summed E-state index contributed by atoms with van der Waals surface area (Å²) in [6.45, 7) is 7.82. The molecular weight excluding hydrogens is 524 g/mol. The zero-order valence-corrected chi connectivity index (χ0v) is 23.3. The van der Waals surface area contributed by atoms with Crippen LogP contribution >= 0.6 is 0 Å². The Morgan fingerprint density at radius 2 is 1.73 bits per heavy atom. The number of nitrogens with zero attached hydrogens (tertiary/aromatic N) is 4. The fourth-order valence-electron chi connectivity index (χ4n) is 4.92. The van der Waals surface area contributed by atoms with Gasteiger partial charge in [-0.25, -0.2) is 22.1 Å². The maximum Gasteiger partial charge on any atom is 0.268 e. The highest BCUT2D eigenvalue weighted by Gasteiger charge is 2.29. The summed E-state index contributed by atoms with van der Waals surface area (Å²) in [5.41, 5.74) is 11.1. The third kappa shape index (κ3) is 4.08. The second kappa shape index (κ2) is 9.20. The lowest BCUT2D eigenvalue weighted by molar-refractivity contribution is 0.103. The van der Waals surface area contributed by atoms with Crippen molar-refractivity contribution in [3.05, 3.63) is 101 Å². The Labute approximate surface area is 231 Å². The number of nitrogens with one attached hydrogen (secondary N) is 1. The van der Waals surface area contributed by atoms with Gasteiger partial charge in [-0.3, -0.25) is 4.79 Å². The minimum absolute atomic E-state index is 0.0129. The monoisotopic (exact) mass is 552 g/mol. The number of aryl methyl sites for hydroxylation is 2. The number of fused-ring (bicyclic) bond motifs is 2. The van der Waals surface area contributed by atoms with Gasteiger partial charge in [0.1, 0.15) is 17.3 Å². The molecule has 40 heavy (non-hydrogen) atoms. The largest absolute Gasteiger partial charge is 0.383 e. The SMILES string of the molecule is Cc1ccc(S(=O)(=O)n2c(C(=O)c3cnn(-c4ccc5[nH]c(C)nc5c4)c3N)cc3ccc(C(C)C)cc32)cc1. The number of aromatic nitrogens is 5. The molecule has 0 aliphatic heterocycles. The maximum atomic E-state index is 14.0. The lowest BCUT2D eigenvalue weighted by atomic mass is 10.0. The van der Waals surface area contributed by atoms with Gasteiger partial charge >= 0.3 is 0 Å². The molecule has 202 valence electrons. The molecule has 6 rings (SSSR count). The number of hydrogen-bond donors (Lipinski definition) is 2. The van der Waals surface area contributed by atoms with Crippen LogP contribution in [0.2, 0.25) is 0 Å². The zero-order valence-electron chi connectivity index (χ0n) is 22.5. The Bertz CT molecular complexity index is 2050. The van der Waals surface area contributed by atoms with E-state index in [0.717, 1.165) is 32.0 Å². The number of anilines is 1. The van der Waals surface area contributed by atoms with Crippen LogP contribution in [0.25, 0.3) is 27.6 Å². The van der Waals surface area contributed by atoms with Crippen molar-refractivity contribution in [3.63, 3.8) is 0 Å². The second-order valence-corrected chi connectivity index (χ2v) is 12.1. The summed E-state index contributed by atoms with van der Waals surface area (Å²) < 4.78 is 30.7. The Balaban J connectivity index is 1.52. The van der Waals surface area contributed by atoms with Crippen LogP contribution in [-0.4, -0.2) is 37.9 Å². The van der Waals surface area contributed by atoms with E-state index in [1.807, 2.05) is 64.1 Å². The molecule has 0 saturated heterocycles. The van der Waals surface area contributed by atoms with Crippen molar-refractivity contribution in [2.45, 2.75) is 38.5 Å². The van der Waals surface area contributed by atoms with Gasteiger partial charge in [0.25, 0.3) is 10.0 Å². The lowest BCUT2D eigenvalue weighted by Crippen LogP contribution is -2.19. The van der Waals surface area contributed by atoms with Gasteiger partial charge in [0, 0.05) is 5.39 Å². The van der Waals surface area contributed by atoms with Gasteiger partial charge in [-0.05, 0) is 67.8 Å². The Morgan fingerprint density at radius 3 is 2.45 bits per heavy atom. The molecule has 3 N–H and O–H groups in total. The Kier molecular flexibility index (Phi) is 5.88. The molecule has 0 spiro atoms. The fraction of sp³-hybridized carbons (Fsp3) is 0.167. The van der Waals surface area contributed by atoms with Crippen LogP contribution in [0.4, 0.5) is 5.82 Å². The molecule has 9 nitrogen and oxygen atoms in total. The molecule has 3 aromatic heterocycles. The number of nitrogen functional groups attached to an aromatic ring is 1. The summed E-state index contributed by atoms with van der Waals surface area (Å²) in [6.07, 6.45) is 1.37. The maximum absolute atomic E-state index is 14.0. The van der Waals surface area contributed by atoms with Gasteiger partial charge in [-0.15, -0.1) is 0 Å². The van der Waals surface area contributed by atoms with E-state index in [4.69, 9.17) is 5.73 Å². The van der Waals surface area contributed by atoms with Crippen molar-refractivity contribution >= 4 is 43.6 Å². The number of carbonyl (C=O) groups is 1. The van der Waals surface area contributed by atoms with Gasteiger partial charge in [0.2, 0.25) is 5.78 Å². The van der Waals surface area contributed by atoms with Crippen molar-refractivity contribution in [2.75, 3.05) is 5.73 Å². The molecule has 3 aromatic carbocycles. The first-order chi connectivity index (χ1) is 19.0. The van der Waals surface area contributed by atoms with Gasteiger partial charge in [0.15, 0.2) is 0 Å². The van der Waals surface area contributed by atoms with E-state index in [0.29, 0.717) is 16.6 Å². The average molecular weight is 553 g/mol.